The highest BCUT2D eigenvalue weighted by Gasteiger charge is 2.20. The van der Waals surface area contributed by atoms with Gasteiger partial charge in [-0.2, -0.15) is 8.78 Å². The fourth-order valence-electron chi connectivity index (χ4n) is 3.76. The van der Waals surface area contributed by atoms with Crippen LogP contribution in [0.3, 0.4) is 0 Å². The second-order valence-electron chi connectivity index (χ2n) is 8.17. The molecule has 40 heavy (non-hydrogen) atoms. The number of anilines is 1. The summed E-state index contributed by atoms with van der Waals surface area (Å²) in [6.07, 6.45) is 3.76. The van der Waals surface area contributed by atoms with E-state index in [4.69, 9.17) is 21.1 Å². The van der Waals surface area contributed by atoms with Crippen LogP contribution in [-0.4, -0.2) is 53.0 Å². The van der Waals surface area contributed by atoms with Crippen molar-refractivity contribution in [2.45, 2.75) is 13.5 Å². The van der Waals surface area contributed by atoms with Gasteiger partial charge in [0.2, 0.25) is 0 Å². The van der Waals surface area contributed by atoms with E-state index in [9.17, 15) is 13.6 Å². The molecule has 1 aliphatic rings. The fourth-order valence-corrected chi connectivity index (χ4v) is 5.06. The third kappa shape index (κ3) is 6.10. The summed E-state index contributed by atoms with van der Waals surface area (Å²) in [7, 11) is 1.30. The first-order valence-corrected chi connectivity index (χ1v) is 12.9. The Kier molecular flexibility index (Phi) is 8.03. The number of aromatic nitrogens is 4. The molecule has 5 aromatic rings. The van der Waals surface area contributed by atoms with Crippen molar-refractivity contribution in [2.75, 3.05) is 25.6 Å². The van der Waals surface area contributed by atoms with Crippen molar-refractivity contribution >= 4 is 55.8 Å². The van der Waals surface area contributed by atoms with Crippen LogP contribution < -0.4 is 19.5 Å². The van der Waals surface area contributed by atoms with Crippen molar-refractivity contribution in [2.24, 2.45) is 0 Å². The number of fused-ring (bicyclic) bond motifs is 4. The number of pyridine rings is 1. The summed E-state index contributed by atoms with van der Waals surface area (Å²) in [4.78, 5) is 27.4. The quantitative estimate of drug-likeness (QED) is 0.251. The Bertz CT molecular complexity index is 1690. The fraction of sp³-hybridized carbons (Fsp3) is 0.192. The molecule has 1 aliphatic heterocycles. The number of carbonyl (C=O) groups is 1. The van der Waals surface area contributed by atoms with Gasteiger partial charge in [0, 0.05) is 16.0 Å². The minimum Gasteiger partial charge on any atom is -0.486 e. The monoisotopic (exact) mass is 587 g/mol. The average molecular weight is 588 g/mol. The number of halogens is 3. The number of ether oxygens (including phenoxy) is 4. The lowest BCUT2D eigenvalue weighted by molar-refractivity contribution is -0.0499. The van der Waals surface area contributed by atoms with Gasteiger partial charge in [-0.05, 0) is 37.3 Å². The molecule has 1 amide bonds. The molecule has 0 aliphatic carbocycles. The molecular weight excluding hydrogens is 568 g/mol. The van der Waals surface area contributed by atoms with E-state index in [2.05, 4.69) is 34.7 Å². The van der Waals surface area contributed by atoms with Gasteiger partial charge in [-0.15, -0.1) is 11.3 Å². The molecule has 1 N–H and O–H groups in total. The minimum atomic E-state index is -2.92. The lowest BCUT2D eigenvalue weighted by atomic mass is 10.1. The van der Waals surface area contributed by atoms with Gasteiger partial charge < -0.3 is 18.9 Å². The van der Waals surface area contributed by atoms with Gasteiger partial charge in [0.25, 0.3) is 0 Å². The number of hydrogen-bond acceptors (Lipinski definition) is 10. The number of carbonyl (C=O) groups excluding carboxylic acids is 1. The molecular formula is C26H20ClF2N5O5S. The Morgan fingerprint density at radius 2 is 1.88 bits per heavy atom. The Hall–Kier alpha value is -4.36. The molecule has 2 aromatic carbocycles. The highest BCUT2D eigenvalue weighted by Crippen LogP contribution is 2.44. The first-order chi connectivity index (χ1) is 19.3. The minimum absolute atomic E-state index is 0.0281. The number of thiazole rings is 1. The van der Waals surface area contributed by atoms with Crippen LogP contribution >= 0.6 is 22.9 Å². The van der Waals surface area contributed by atoms with Crippen molar-refractivity contribution in [3.63, 3.8) is 0 Å². The number of amides is 1. The van der Waals surface area contributed by atoms with Gasteiger partial charge in [0.1, 0.15) is 34.5 Å². The molecule has 14 heteroatoms. The van der Waals surface area contributed by atoms with Crippen molar-refractivity contribution < 1.29 is 32.5 Å². The molecule has 0 saturated heterocycles. The van der Waals surface area contributed by atoms with Crippen LogP contribution in [0.2, 0.25) is 5.02 Å². The summed E-state index contributed by atoms with van der Waals surface area (Å²) in [6.45, 7) is -0.165. The summed E-state index contributed by atoms with van der Waals surface area (Å²) in [5, 5.41) is 4.16. The summed E-state index contributed by atoms with van der Waals surface area (Å²) >= 11 is 7.70. The van der Waals surface area contributed by atoms with Crippen molar-refractivity contribution in [1.29, 1.82) is 0 Å². The standard InChI is InChI=1S/C19H11ClF2N2O3S.C7H9N3O2/c20-10-5-9-6-11(27-19(21)22)8-23-15(9)12(7-10)18-24-13-1-2-14-16(17(13)28-18)26-4-3-25-14;1-5-8-3-6(4-9-5)10-7(11)12-2/h1-2,5-8,19H,3-4H2;3-4H,1-2H3,(H,10,11). The highest BCUT2D eigenvalue weighted by molar-refractivity contribution is 7.22. The highest BCUT2D eigenvalue weighted by atomic mass is 35.5. The van der Waals surface area contributed by atoms with Crippen molar-refractivity contribution in [3.8, 4) is 27.8 Å². The molecule has 206 valence electrons. The molecule has 0 bridgehead atoms. The van der Waals surface area contributed by atoms with Gasteiger partial charge in [-0.1, -0.05) is 11.6 Å². The number of hydrogen-bond donors (Lipinski definition) is 1. The van der Waals surface area contributed by atoms with Gasteiger partial charge >= 0.3 is 12.7 Å². The third-order valence-corrected chi connectivity index (χ3v) is 6.78. The summed E-state index contributed by atoms with van der Waals surface area (Å²) in [5.74, 6) is 2.00. The van der Waals surface area contributed by atoms with E-state index in [1.807, 2.05) is 12.1 Å². The predicted molar refractivity (Wildman–Crippen MR) is 146 cm³/mol. The maximum absolute atomic E-state index is 12.5. The van der Waals surface area contributed by atoms with E-state index >= 15 is 0 Å². The zero-order valence-corrected chi connectivity index (χ0v) is 22.6. The van der Waals surface area contributed by atoms with Gasteiger partial charge in [-0.3, -0.25) is 10.3 Å². The smallest absolute Gasteiger partial charge is 0.411 e. The summed E-state index contributed by atoms with van der Waals surface area (Å²) in [5.41, 5.74) is 2.59. The number of benzene rings is 2. The Labute approximate surface area is 234 Å². The van der Waals surface area contributed by atoms with Gasteiger partial charge in [0.15, 0.2) is 11.5 Å². The second-order valence-corrected chi connectivity index (χ2v) is 9.60. The maximum Gasteiger partial charge on any atom is 0.411 e. The second kappa shape index (κ2) is 11.8. The first kappa shape index (κ1) is 27.2. The molecule has 0 atom stereocenters. The Morgan fingerprint density at radius 1 is 1.10 bits per heavy atom. The molecule has 0 spiro atoms. The molecule has 0 saturated carbocycles. The van der Waals surface area contributed by atoms with Crippen LogP contribution in [0.25, 0.3) is 31.7 Å². The number of alkyl halides is 2. The van der Waals surface area contributed by atoms with E-state index in [-0.39, 0.29) is 5.75 Å². The topological polar surface area (TPSA) is 118 Å². The number of rotatable bonds is 4. The van der Waals surface area contributed by atoms with Gasteiger partial charge in [0.05, 0.1) is 42.4 Å². The van der Waals surface area contributed by atoms with Crippen LogP contribution in [-0.2, 0) is 4.74 Å². The van der Waals surface area contributed by atoms with Crippen LogP contribution in [0.1, 0.15) is 5.82 Å². The number of nitrogens with one attached hydrogen (secondary N) is 1. The number of nitrogens with zero attached hydrogens (tertiary/aromatic N) is 4. The maximum atomic E-state index is 12.5. The molecule has 0 unspecified atom stereocenters. The third-order valence-electron chi connectivity index (χ3n) is 5.45. The first-order valence-electron chi connectivity index (χ1n) is 11.7. The van der Waals surface area contributed by atoms with E-state index in [1.54, 1.807) is 19.1 Å². The molecule has 3 aromatic heterocycles. The average Bonchev–Trinajstić information content (AvgIpc) is 3.38. The predicted octanol–water partition coefficient (Wildman–Crippen LogP) is 6.50. The zero-order chi connectivity index (χ0) is 28.2. The van der Waals surface area contributed by atoms with E-state index in [0.717, 1.165) is 10.2 Å². The van der Waals surface area contributed by atoms with Crippen LogP contribution in [0.4, 0.5) is 19.3 Å². The molecule has 0 radical (unpaired) electrons. The van der Waals surface area contributed by atoms with E-state index < -0.39 is 12.7 Å². The molecule has 10 nitrogen and oxygen atoms in total. The largest absolute Gasteiger partial charge is 0.486 e. The van der Waals surface area contributed by atoms with Crippen LogP contribution in [0.15, 0.2) is 48.9 Å². The normalized spacial score (nSPS) is 12.2. The van der Waals surface area contributed by atoms with E-state index in [1.165, 1.54) is 43.1 Å². The van der Waals surface area contributed by atoms with Crippen LogP contribution in [0.5, 0.6) is 17.2 Å². The van der Waals surface area contributed by atoms with E-state index in [0.29, 0.717) is 62.7 Å². The van der Waals surface area contributed by atoms with Crippen molar-refractivity contribution in [3.05, 3.63) is 59.8 Å². The molecule has 4 heterocycles. The van der Waals surface area contributed by atoms with Crippen LogP contribution in [0, 0.1) is 6.92 Å². The number of aryl methyl sites for hydroxylation is 1. The Morgan fingerprint density at radius 3 is 2.62 bits per heavy atom. The summed E-state index contributed by atoms with van der Waals surface area (Å²) < 4.78 is 46.1. The number of methoxy groups -OCH3 is 1. The van der Waals surface area contributed by atoms with Gasteiger partial charge in [-0.25, -0.2) is 19.7 Å². The van der Waals surface area contributed by atoms with Crippen molar-refractivity contribution in [1.82, 2.24) is 19.9 Å². The molecule has 6 rings (SSSR count). The SMILES string of the molecule is COC(=O)Nc1cnc(C)nc1.FC(F)Oc1cnc2c(-c3nc4ccc5c(c4s3)OCCO5)cc(Cl)cc2c1. The Balaban J connectivity index is 0.000000227. The molecule has 0 fully saturated rings. The summed E-state index contributed by atoms with van der Waals surface area (Å²) in [6, 6.07) is 8.60. The zero-order valence-electron chi connectivity index (χ0n) is 21.0. The lowest BCUT2D eigenvalue weighted by Gasteiger charge is -2.18. The lowest BCUT2D eigenvalue weighted by Crippen LogP contribution is -2.15.